The van der Waals surface area contributed by atoms with Gasteiger partial charge in [-0.05, 0) is 61.3 Å². The van der Waals surface area contributed by atoms with Gasteiger partial charge >= 0.3 is 0 Å². The number of hydrogen-bond acceptors (Lipinski definition) is 6. The molecule has 0 amide bonds. The van der Waals surface area contributed by atoms with Crippen molar-refractivity contribution in [2.24, 2.45) is 5.10 Å². The maximum Gasteiger partial charge on any atom is 0.216 e. The standard InChI is InChI=1S/C22H25N5O2S/c1-28-19-6-5-7-20(14-19)29-16-21-24-25-22(30)27(21)23-15-17-8-10-18(11-9-17)26-12-3-2-4-13-26/h5-11,14-15H,2-4,12-13,16H2,1H3,(H,25,30)/b23-15-. The number of methoxy groups -OCH3 is 1. The molecule has 30 heavy (non-hydrogen) atoms. The normalized spacial score (nSPS) is 14.2. The monoisotopic (exact) mass is 423 g/mol. The number of aromatic amines is 1. The molecule has 0 unspecified atom stereocenters. The van der Waals surface area contributed by atoms with Crippen molar-refractivity contribution in [1.82, 2.24) is 14.9 Å². The SMILES string of the molecule is COc1cccc(OCc2n[nH]c(=S)n2/N=C\c2ccc(N3CCCCC3)cc2)c1. The van der Waals surface area contributed by atoms with Crippen LogP contribution < -0.4 is 14.4 Å². The predicted octanol–water partition coefficient (Wildman–Crippen LogP) is 4.40. The van der Waals surface area contributed by atoms with Gasteiger partial charge in [-0.25, -0.2) is 5.10 Å². The van der Waals surface area contributed by atoms with Gasteiger partial charge < -0.3 is 14.4 Å². The van der Waals surface area contributed by atoms with E-state index >= 15 is 0 Å². The molecule has 2 aromatic carbocycles. The lowest BCUT2D eigenvalue weighted by atomic mass is 10.1. The summed E-state index contributed by atoms with van der Waals surface area (Å²) in [4.78, 5) is 2.44. The number of nitrogens with one attached hydrogen (secondary N) is 1. The lowest BCUT2D eigenvalue weighted by molar-refractivity contribution is 0.288. The molecule has 1 saturated heterocycles. The predicted molar refractivity (Wildman–Crippen MR) is 120 cm³/mol. The molecule has 0 bridgehead atoms. The minimum absolute atomic E-state index is 0.228. The zero-order valence-corrected chi connectivity index (χ0v) is 17.8. The molecule has 0 spiro atoms. The van der Waals surface area contributed by atoms with Gasteiger partial charge in [-0.1, -0.05) is 18.2 Å². The van der Waals surface area contributed by atoms with E-state index in [-0.39, 0.29) is 6.61 Å². The Bertz CT molecular complexity index is 1050. The van der Waals surface area contributed by atoms with Gasteiger partial charge in [0.2, 0.25) is 4.77 Å². The lowest BCUT2D eigenvalue weighted by Crippen LogP contribution is -2.29. The molecule has 3 aromatic rings. The number of anilines is 1. The van der Waals surface area contributed by atoms with Crippen molar-refractivity contribution >= 4 is 24.1 Å². The molecule has 4 rings (SSSR count). The van der Waals surface area contributed by atoms with Gasteiger partial charge in [0.25, 0.3) is 0 Å². The van der Waals surface area contributed by atoms with Crippen molar-refractivity contribution in [3.63, 3.8) is 0 Å². The van der Waals surface area contributed by atoms with Crippen LogP contribution in [0.3, 0.4) is 0 Å². The fraction of sp³-hybridized carbons (Fsp3) is 0.318. The van der Waals surface area contributed by atoms with E-state index in [9.17, 15) is 0 Å². The van der Waals surface area contributed by atoms with Crippen molar-refractivity contribution in [3.05, 3.63) is 64.7 Å². The Labute approximate surface area is 180 Å². The van der Waals surface area contributed by atoms with Crippen LogP contribution in [0.1, 0.15) is 30.7 Å². The highest BCUT2D eigenvalue weighted by Crippen LogP contribution is 2.21. The van der Waals surface area contributed by atoms with Crippen molar-refractivity contribution in [2.75, 3.05) is 25.1 Å². The molecule has 1 aromatic heterocycles. The van der Waals surface area contributed by atoms with Gasteiger partial charge in [-0.2, -0.15) is 14.9 Å². The van der Waals surface area contributed by atoms with E-state index in [1.165, 1.54) is 24.9 Å². The van der Waals surface area contributed by atoms with Crippen LogP contribution in [0.2, 0.25) is 0 Å². The summed E-state index contributed by atoms with van der Waals surface area (Å²) in [5.74, 6) is 2.01. The van der Waals surface area contributed by atoms with Crippen LogP contribution in [0.5, 0.6) is 11.5 Å². The summed E-state index contributed by atoms with van der Waals surface area (Å²) in [7, 11) is 1.62. The summed E-state index contributed by atoms with van der Waals surface area (Å²) in [6.45, 7) is 2.49. The van der Waals surface area contributed by atoms with Gasteiger partial charge in [-0.15, -0.1) is 0 Å². The molecule has 1 aliphatic heterocycles. The van der Waals surface area contributed by atoms with Crippen molar-refractivity contribution < 1.29 is 9.47 Å². The first-order valence-electron chi connectivity index (χ1n) is 10.1. The number of hydrogen-bond donors (Lipinski definition) is 1. The fourth-order valence-corrected chi connectivity index (χ4v) is 3.62. The second-order valence-electron chi connectivity index (χ2n) is 7.11. The van der Waals surface area contributed by atoms with Crippen LogP contribution in [0.25, 0.3) is 0 Å². The Balaban J connectivity index is 1.43. The number of piperidine rings is 1. The van der Waals surface area contributed by atoms with E-state index in [1.54, 1.807) is 18.0 Å². The Kier molecular flexibility index (Phi) is 6.44. The zero-order chi connectivity index (χ0) is 20.8. The summed E-state index contributed by atoms with van der Waals surface area (Å²) in [6.07, 6.45) is 5.64. The second-order valence-corrected chi connectivity index (χ2v) is 7.49. The molecular weight excluding hydrogens is 398 g/mol. The molecular formula is C22H25N5O2S. The average Bonchev–Trinajstić information content (AvgIpc) is 3.16. The van der Waals surface area contributed by atoms with Crippen LogP contribution >= 0.6 is 12.2 Å². The molecule has 2 heterocycles. The summed E-state index contributed by atoms with van der Waals surface area (Å²) < 4.78 is 13.0. The van der Waals surface area contributed by atoms with Gasteiger partial charge in [0.15, 0.2) is 5.82 Å². The lowest BCUT2D eigenvalue weighted by Gasteiger charge is -2.28. The molecule has 0 radical (unpaired) electrons. The van der Waals surface area contributed by atoms with E-state index in [0.29, 0.717) is 16.3 Å². The smallest absolute Gasteiger partial charge is 0.216 e. The third-order valence-corrected chi connectivity index (χ3v) is 5.33. The van der Waals surface area contributed by atoms with E-state index in [1.807, 2.05) is 24.3 Å². The van der Waals surface area contributed by atoms with Crippen LogP contribution in [0.15, 0.2) is 53.6 Å². The van der Waals surface area contributed by atoms with Crippen LogP contribution in [-0.2, 0) is 6.61 Å². The average molecular weight is 424 g/mol. The first kappa shape index (κ1) is 20.2. The van der Waals surface area contributed by atoms with E-state index in [4.69, 9.17) is 21.7 Å². The summed E-state index contributed by atoms with van der Waals surface area (Å²) >= 11 is 5.31. The maximum absolute atomic E-state index is 5.81. The zero-order valence-electron chi connectivity index (χ0n) is 17.0. The Morgan fingerprint density at radius 3 is 2.63 bits per heavy atom. The Morgan fingerprint density at radius 2 is 1.87 bits per heavy atom. The molecule has 0 atom stereocenters. The molecule has 8 heteroatoms. The van der Waals surface area contributed by atoms with E-state index < -0.39 is 0 Å². The first-order chi connectivity index (χ1) is 14.7. The molecule has 1 N–H and O–H groups in total. The van der Waals surface area contributed by atoms with E-state index in [0.717, 1.165) is 24.4 Å². The topological polar surface area (TPSA) is 67.7 Å². The minimum atomic E-state index is 0.228. The molecule has 7 nitrogen and oxygen atoms in total. The summed E-state index contributed by atoms with van der Waals surface area (Å²) in [5, 5.41) is 11.5. The fourth-order valence-electron chi connectivity index (χ4n) is 3.42. The van der Waals surface area contributed by atoms with Crippen molar-refractivity contribution in [2.45, 2.75) is 25.9 Å². The van der Waals surface area contributed by atoms with Gasteiger partial charge in [0.1, 0.15) is 18.1 Å². The van der Waals surface area contributed by atoms with Crippen molar-refractivity contribution in [1.29, 1.82) is 0 Å². The Morgan fingerprint density at radius 1 is 1.10 bits per heavy atom. The largest absolute Gasteiger partial charge is 0.497 e. The number of rotatable bonds is 7. The molecule has 156 valence electrons. The Hall–Kier alpha value is -3.13. The van der Waals surface area contributed by atoms with Gasteiger partial charge in [-0.3, -0.25) is 0 Å². The highest BCUT2D eigenvalue weighted by Gasteiger charge is 2.10. The number of H-pyrrole nitrogens is 1. The molecule has 1 fully saturated rings. The number of benzene rings is 2. The number of aromatic nitrogens is 3. The number of ether oxygens (including phenoxy) is 2. The highest BCUT2D eigenvalue weighted by atomic mass is 32.1. The van der Waals surface area contributed by atoms with Crippen molar-refractivity contribution in [3.8, 4) is 11.5 Å². The quantitative estimate of drug-likeness (QED) is 0.451. The number of nitrogens with zero attached hydrogens (tertiary/aromatic N) is 4. The molecule has 0 aliphatic carbocycles. The summed E-state index contributed by atoms with van der Waals surface area (Å²) in [6, 6.07) is 15.9. The molecule has 1 aliphatic rings. The first-order valence-corrected chi connectivity index (χ1v) is 10.5. The second kappa shape index (κ2) is 9.58. The van der Waals surface area contributed by atoms with Crippen LogP contribution in [-0.4, -0.2) is 41.3 Å². The third kappa shape index (κ3) is 4.88. The van der Waals surface area contributed by atoms with Crippen LogP contribution in [0.4, 0.5) is 5.69 Å². The van der Waals surface area contributed by atoms with Gasteiger partial charge in [0, 0.05) is 24.8 Å². The minimum Gasteiger partial charge on any atom is -0.497 e. The third-order valence-electron chi connectivity index (χ3n) is 5.06. The molecule has 0 saturated carbocycles. The highest BCUT2D eigenvalue weighted by molar-refractivity contribution is 7.71. The van der Waals surface area contributed by atoms with Crippen LogP contribution in [0, 0.1) is 4.77 Å². The van der Waals surface area contributed by atoms with E-state index in [2.05, 4.69) is 44.5 Å². The summed E-state index contributed by atoms with van der Waals surface area (Å²) in [5.41, 5.74) is 2.26. The maximum atomic E-state index is 5.81. The van der Waals surface area contributed by atoms with Gasteiger partial charge in [0.05, 0.1) is 13.3 Å².